The summed E-state index contributed by atoms with van der Waals surface area (Å²) in [5.74, 6) is 0.524. The van der Waals surface area contributed by atoms with Gasteiger partial charge in [0.1, 0.15) is 0 Å². The van der Waals surface area contributed by atoms with Crippen molar-refractivity contribution in [3.63, 3.8) is 0 Å². The Hall–Kier alpha value is -1.88. The zero-order valence-electron chi connectivity index (χ0n) is 16.6. The predicted octanol–water partition coefficient (Wildman–Crippen LogP) is 5.46. The number of hydrogen-bond donors (Lipinski definition) is 0. The lowest BCUT2D eigenvalue weighted by Crippen LogP contribution is -2.36. The number of nitrogens with zero attached hydrogens (tertiary/aromatic N) is 1. The summed E-state index contributed by atoms with van der Waals surface area (Å²) in [7, 11) is -3.25. The maximum absolute atomic E-state index is 12.7. The average molecular weight is 428 g/mol. The number of sulfone groups is 1. The average Bonchev–Trinajstić information content (AvgIpc) is 2.85. The summed E-state index contributed by atoms with van der Waals surface area (Å²) in [6.45, 7) is 7.24. The molecule has 2 aromatic rings. The molecular weight excluding hydrogens is 402 g/mol. The van der Waals surface area contributed by atoms with Crippen LogP contribution in [-0.2, 0) is 16.4 Å². The molecule has 0 saturated heterocycles. The monoisotopic (exact) mass is 427 g/mol. The van der Waals surface area contributed by atoms with Crippen LogP contribution in [0.4, 0.5) is 0 Å². The van der Waals surface area contributed by atoms with Gasteiger partial charge in [0.15, 0.2) is 9.84 Å². The van der Waals surface area contributed by atoms with E-state index in [4.69, 9.17) is 11.6 Å². The highest BCUT2D eigenvalue weighted by Gasteiger charge is 2.29. The fourth-order valence-electron chi connectivity index (χ4n) is 4.41. The molecule has 4 rings (SSSR count). The first-order chi connectivity index (χ1) is 13.9. The Kier molecular flexibility index (Phi) is 5.69. The molecule has 0 bridgehead atoms. The highest BCUT2D eigenvalue weighted by molar-refractivity contribution is 7.91. The molecule has 2 aromatic carbocycles. The van der Waals surface area contributed by atoms with E-state index in [2.05, 4.69) is 42.7 Å². The van der Waals surface area contributed by atoms with Gasteiger partial charge in [-0.2, -0.15) is 0 Å². The number of benzene rings is 2. The summed E-state index contributed by atoms with van der Waals surface area (Å²) in [4.78, 5) is 2.73. The van der Waals surface area contributed by atoms with Gasteiger partial charge in [-0.15, -0.1) is 0 Å². The lowest BCUT2D eigenvalue weighted by Gasteiger charge is -2.31. The molecule has 1 heterocycles. The number of rotatable bonds is 2. The van der Waals surface area contributed by atoms with Crippen LogP contribution in [0.2, 0.25) is 0 Å². The lowest BCUT2D eigenvalue weighted by atomic mass is 9.86. The van der Waals surface area contributed by atoms with Crippen molar-refractivity contribution < 1.29 is 8.42 Å². The van der Waals surface area contributed by atoms with E-state index >= 15 is 0 Å². The molecule has 2 unspecified atom stereocenters. The minimum atomic E-state index is -3.25. The molecule has 0 radical (unpaired) electrons. The van der Waals surface area contributed by atoms with Gasteiger partial charge in [-0.1, -0.05) is 61.5 Å². The van der Waals surface area contributed by atoms with Crippen molar-refractivity contribution in [2.24, 2.45) is 0 Å². The zero-order valence-corrected chi connectivity index (χ0v) is 18.2. The highest BCUT2D eigenvalue weighted by atomic mass is 35.5. The quantitative estimate of drug-likeness (QED) is 0.638. The van der Waals surface area contributed by atoms with E-state index in [1.807, 2.05) is 18.2 Å². The molecule has 2 aliphatic rings. The van der Waals surface area contributed by atoms with Crippen molar-refractivity contribution in [3.8, 4) is 0 Å². The summed E-state index contributed by atoms with van der Waals surface area (Å²) in [6.07, 6.45) is 5.92. The van der Waals surface area contributed by atoms with Gasteiger partial charge in [-0.25, -0.2) is 8.42 Å². The second kappa shape index (κ2) is 8.10. The minimum Gasteiger partial charge on any atom is -0.292 e. The van der Waals surface area contributed by atoms with Crippen LogP contribution >= 0.6 is 11.6 Å². The van der Waals surface area contributed by atoms with E-state index in [9.17, 15) is 8.42 Å². The molecule has 0 amide bonds. The van der Waals surface area contributed by atoms with Crippen LogP contribution in [0.1, 0.15) is 47.9 Å². The van der Waals surface area contributed by atoms with Gasteiger partial charge in [0.25, 0.3) is 0 Å². The van der Waals surface area contributed by atoms with Gasteiger partial charge < -0.3 is 0 Å². The normalized spacial score (nSPS) is 24.3. The van der Waals surface area contributed by atoms with Crippen molar-refractivity contribution in [2.45, 2.75) is 43.2 Å². The molecule has 2 atom stereocenters. The topological polar surface area (TPSA) is 37.4 Å². The van der Waals surface area contributed by atoms with E-state index < -0.39 is 9.84 Å². The molecule has 5 heteroatoms. The molecule has 1 aliphatic heterocycles. The molecule has 1 aliphatic carbocycles. The van der Waals surface area contributed by atoms with Crippen LogP contribution < -0.4 is 0 Å². The maximum Gasteiger partial charge on any atom is 0.179 e. The third-order valence-electron chi connectivity index (χ3n) is 6.13. The molecule has 0 spiro atoms. The Morgan fingerprint density at radius 3 is 2.76 bits per heavy atom. The third kappa shape index (κ3) is 4.07. The summed E-state index contributed by atoms with van der Waals surface area (Å²) in [6, 6.07) is 13.8. The Morgan fingerprint density at radius 1 is 1.17 bits per heavy atom. The third-order valence-corrected chi connectivity index (χ3v) is 8.25. The van der Waals surface area contributed by atoms with Crippen LogP contribution in [-0.4, -0.2) is 31.7 Å². The fraction of sp³-hybridized carbons (Fsp3) is 0.333. The van der Waals surface area contributed by atoms with E-state index in [-0.39, 0.29) is 11.8 Å². The van der Waals surface area contributed by atoms with Crippen molar-refractivity contribution >= 4 is 32.5 Å². The second-order valence-electron chi connectivity index (χ2n) is 8.01. The van der Waals surface area contributed by atoms with Crippen molar-refractivity contribution in [2.75, 3.05) is 12.3 Å². The van der Waals surface area contributed by atoms with E-state index in [1.54, 1.807) is 12.1 Å². The number of halogens is 1. The first-order valence-corrected chi connectivity index (χ1v) is 12.1. The molecule has 0 fully saturated rings. The highest BCUT2D eigenvalue weighted by Crippen LogP contribution is 2.37. The summed E-state index contributed by atoms with van der Waals surface area (Å²) in [5.41, 5.74) is 4.25. The Morgan fingerprint density at radius 2 is 1.97 bits per heavy atom. The molecule has 0 aromatic heterocycles. The van der Waals surface area contributed by atoms with Crippen molar-refractivity contribution in [1.29, 1.82) is 0 Å². The van der Waals surface area contributed by atoms with Gasteiger partial charge in [0, 0.05) is 24.2 Å². The minimum absolute atomic E-state index is 0.104. The van der Waals surface area contributed by atoms with E-state index in [0.29, 0.717) is 23.9 Å². The molecule has 152 valence electrons. The van der Waals surface area contributed by atoms with Gasteiger partial charge >= 0.3 is 0 Å². The summed E-state index contributed by atoms with van der Waals surface area (Å²) in [5, 5.41) is 0.737. The van der Waals surface area contributed by atoms with E-state index in [1.165, 1.54) is 5.56 Å². The summed E-state index contributed by atoms with van der Waals surface area (Å²) < 4.78 is 25.4. The van der Waals surface area contributed by atoms with Crippen molar-refractivity contribution in [3.05, 3.63) is 77.4 Å². The van der Waals surface area contributed by atoms with Crippen LogP contribution in [0.15, 0.2) is 60.0 Å². The van der Waals surface area contributed by atoms with E-state index in [0.717, 1.165) is 34.6 Å². The molecular formula is C24H26ClNO2S. The largest absolute Gasteiger partial charge is 0.292 e. The van der Waals surface area contributed by atoms with Gasteiger partial charge in [-0.3, -0.25) is 4.90 Å². The first kappa shape index (κ1) is 20.4. The first-order valence-electron chi connectivity index (χ1n) is 10.1. The van der Waals surface area contributed by atoms with Gasteiger partial charge in [-0.05, 0) is 59.2 Å². The van der Waals surface area contributed by atoms with Gasteiger partial charge in [0.2, 0.25) is 0 Å². The van der Waals surface area contributed by atoms with Crippen molar-refractivity contribution in [1.82, 2.24) is 4.90 Å². The second-order valence-corrected chi connectivity index (χ2v) is 10.5. The number of hydrogen-bond acceptors (Lipinski definition) is 3. The molecule has 0 N–H and O–H groups in total. The van der Waals surface area contributed by atoms with Crippen LogP contribution in [0, 0.1) is 0 Å². The smallest absolute Gasteiger partial charge is 0.179 e. The van der Waals surface area contributed by atoms with Crippen LogP contribution in [0.3, 0.4) is 0 Å². The van der Waals surface area contributed by atoms with Crippen LogP contribution in [0.25, 0.3) is 11.1 Å². The fourth-order valence-corrected chi connectivity index (χ4v) is 6.23. The lowest BCUT2D eigenvalue weighted by molar-refractivity contribution is 0.219. The van der Waals surface area contributed by atoms with Crippen LogP contribution in [0.5, 0.6) is 0 Å². The summed E-state index contributed by atoms with van der Waals surface area (Å²) >= 11 is 6.81. The molecule has 3 nitrogen and oxygen atoms in total. The number of fused-ring (bicyclic) bond motifs is 2. The molecule has 29 heavy (non-hydrogen) atoms. The Balaban J connectivity index is 1.72. The zero-order chi connectivity index (χ0) is 20.6. The van der Waals surface area contributed by atoms with Gasteiger partial charge in [0.05, 0.1) is 10.6 Å². The standard InChI is InChI=1S/C24H26ClNO2S/c1-3-18-9-11-21-17(2)8-10-20(15-23(25)22(21)14-18)26-12-13-29(27,28)24-7-5-4-6-19(24)16-26/h3-7,9,11,14-15,17,20H,1,8,10,12-13,16H2,2H3. The predicted molar refractivity (Wildman–Crippen MR) is 121 cm³/mol. The SMILES string of the molecule is C=Cc1ccc2c(c1)C(Cl)=CC(N1CCS(=O)(=O)c3ccccc3C1)CCC2C. The molecule has 0 saturated carbocycles. The Bertz CT molecular complexity index is 1070. The maximum atomic E-state index is 12.7. The Labute approximate surface area is 178 Å².